The summed E-state index contributed by atoms with van der Waals surface area (Å²) >= 11 is 0. The predicted octanol–water partition coefficient (Wildman–Crippen LogP) is 2.66. The van der Waals surface area contributed by atoms with E-state index < -0.39 is 11.6 Å². The predicted molar refractivity (Wildman–Crippen MR) is 72.8 cm³/mol. The highest BCUT2D eigenvalue weighted by atomic mass is 19.2. The van der Waals surface area contributed by atoms with E-state index in [0.29, 0.717) is 5.56 Å². The molecule has 0 spiro atoms. The van der Waals surface area contributed by atoms with E-state index in [0.717, 1.165) is 31.7 Å². The van der Waals surface area contributed by atoms with Crippen molar-refractivity contribution < 1.29 is 13.6 Å². The smallest absolute Gasteiger partial charge is 0.220 e. The molecule has 0 radical (unpaired) electrons. The van der Waals surface area contributed by atoms with Gasteiger partial charge in [-0.15, -0.1) is 0 Å². The van der Waals surface area contributed by atoms with Gasteiger partial charge in [-0.05, 0) is 38.7 Å². The molecule has 3 nitrogen and oxygen atoms in total. The average Bonchev–Trinajstić information content (AvgIpc) is 2.42. The minimum absolute atomic E-state index is 0.0470. The van der Waals surface area contributed by atoms with Gasteiger partial charge in [0.1, 0.15) is 0 Å². The van der Waals surface area contributed by atoms with Crippen molar-refractivity contribution in [1.29, 1.82) is 0 Å². The summed E-state index contributed by atoms with van der Waals surface area (Å²) in [5.41, 5.74) is 5.63. The number of benzene rings is 1. The van der Waals surface area contributed by atoms with Crippen molar-refractivity contribution in [1.82, 2.24) is 5.32 Å². The Bertz CT molecular complexity index is 485. The lowest BCUT2D eigenvalue weighted by Crippen LogP contribution is -2.38. The highest BCUT2D eigenvalue weighted by molar-refractivity contribution is 5.76. The first-order chi connectivity index (χ1) is 9.49. The summed E-state index contributed by atoms with van der Waals surface area (Å²) in [6, 6.07) is 4.16. The Hall–Kier alpha value is -1.49. The first kappa shape index (κ1) is 14.9. The molecule has 0 bridgehead atoms. The van der Waals surface area contributed by atoms with Crippen LogP contribution in [0.2, 0.25) is 0 Å². The van der Waals surface area contributed by atoms with Crippen LogP contribution in [0.1, 0.15) is 44.2 Å². The number of hydrogen-bond donors (Lipinski definition) is 2. The normalized spacial score (nSPS) is 24.4. The van der Waals surface area contributed by atoms with Gasteiger partial charge in [0.25, 0.3) is 0 Å². The number of nitrogens with two attached hydrogens (primary N) is 1. The number of nitrogens with one attached hydrogen (secondary N) is 1. The summed E-state index contributed by atoms with van der Waals surface area (Å²) in [5.74, 6) is -1.91. The summed E-state index contributed by atoms with van der Waals surface area (Å²) in [5, 5.41) is 3.30. The van der Waals surface area contributed by atoms with E-state index in [9.17, 15) is 13.6 Å². The van der Waals surface area contributed by atoms with Gasteiger partial charge >= 0.3 is 0 Å². The summed E-state index contributed by atoms with van der Waals surface area (Å²) in [7, 11) is 0. The Kier molecular flexibility index (Phi) is 4.70. The van der Waals surface area contributed by atoms with E-state index in [1.807, 2.05) is 6.92 Å². The highest BCUT2D eigenvalue weighted by Gasteiger charge is 2.26. The molecule has 3 N–H and O–H groups in total. The summed E-state index contributed by atoms with van der Waals surface area (Å²) in [4.78, 5) is 11.1. The Morgan fingerprint density at radius 3 is 2.55 bits per heavy atom. The monoisotopic (exact) mass is 282 g/mol. The summed E-state index contributed by atoms with van der Waals surface area (Å²) in [6.07, 6.45) is 3.17. The van der Waals surface area contributed by atoms with E-state index in [1.165, 1.54) is 6.07 Å². The first-order valence-corrected chi connectivity index (χ1v) is 6.98. The largest absolute Gasteiger partial charge is 0.369 e. The molecule has 0 aliphatic heterocycles. The van der Waals surface area contributed by atoms with E-state index in [1.54, 1.807) is 6.07 Å². The van der Waals surface area contributed by atoms with E-state index >= 15 is 0 Å². The van der Waals surface area contributed by atoms with Crippen LogP contribution in [0.4, 0.5) is 8.78 Å². The van der Waals surface area contributed by atoms with Crippen molar-refractivity contribution in [2.75, 3.05) is 0 Å². The third-order valence-electron chi connectivity index (χ3n) is 4.06. The molecule has 1 amide bonds. The van der Waals surface area contributed by atoms with Crippen LogP contribution in [-0.4, -0.2) is 11.9 Å². The zero-order chi connectivity index (χ0) is 14.7. The van der Waals surface area contributed by atoms with Gasteiger partial charge < -0.3 is 11.1 Å². The maximum absolute atomic E-state index is 13.7. The SMILES string of the molecule is CC(NC1CCC(C(N)=O)CC1)c1cccc(F)c1F. The molecule has 1 aromatic carbocycles. The fourth-order valence-corrected chi connectivity index (χ4v) is 2.84. The number of halogens is 2. The minimum Gasteiger partial charge on any atom is -0.369 e. The van der Waals surface area contributed by atoms with E-state index in [2.05, 4.69) is 5.32 Å². The second-order valence-electron chi connectivity index (χ2n) is 5.48. The number of carbonyl (C=O) groups is 1. The zero-order valence-electron chi connectivity index (χ0n) is 11.5. The number of primary amides is 1. The molecule has 110 valence electrons. The van der Waals surface area contributed by atoms with Gasteiger partial charge in [-0.2, -0.15) is 0 Å². The number of amides is 1. The van der Waals surface area contributed by atoms with Crippen LogP contribution >= 0.6 is 0 Å². The van der Waals surface area contributed by atoms with Crippen LogP contribution in [0.5, 0.6) is 0 Å². The van der Waals surface area contributed by atoms with Crippen LogP contribution in [0.25, 0.3) is 0 Å². The molecule has 2 rings (SSSR count). The van der Waals surface area contributed by atoms with Gasteiger partial charge in [-0.1, -0.05) is 12.1 Å². The van der Waals surface area contributed by atoms with Gasteiger partial charge in [0.2, 0.25) is 5.91 Å². The number of carbonyl (C=O) groups excluding carboxylic acids is 1. The highest BCUT2D eigenvalue weighted by Crippen LogP contribution is 2.27. The molecule has 1 saturated carbocycles. The van der Waals surface area contributed by atoms with Crippen molar-refractivity contribution in [2.24, 2.45) is 11.7 Å². The summed E-state index contributed by atoms with van der Waals surface area (Å²) < 4.78 is 26.9. The number of rotatable bonds is 4. The average molecular weight is 282 g/mol. The standard InChI is InChI=1S/C15H20F2N2O/c1-9(12-3-2-4-13(16)14(12)17)19-11-7-5-10(6-8-11)15(18)20/h2-4,9-11,19H,5-8H2,1H3,(H2,18,20). The van der Waals surface area contributed by atoms with Crippen LogP contribution in [0.15, 0.2) is 18.2 Å². The van der Waals surface area contributed by atoms with E-state index in [4.69, 9.17) is 5.73 Å². The second kappa shape index (κ2) is 6.31. The van der Waals surface area contributed by atoms with Gasteiger partial charge in [0.15, 0.2) is 11.6 Å². The molecule has 1 aliphatic rings. The Morgan fingerprint density at radius 1 is 1.30 bits per heavy atom. The molecule has 5 heteroatoms. The van der Waals surface area contributed by atoms with Crippen molar-refractivity contribution in [2.45, 2.75) is 44.7 Å². The molecule has 20 heavy (non-hydrogen) atoms. The number of hydrogen-bond acceptors (Lipinski definition) is 2. The molecule has 0 heterocycles. The zero-order valence-corrected chi connectivity index (χ0v) is 11.5. The summed E-state index contributed by atoms with van der Waals surface area (Å²) in [6.45, 7) is 1.82. The molecule has 1 aliphatic carbocycles. The topological polar surface area (TPSA) is 55.1 Å². The lowest BCUT2D eigenvalue weighted by Gasteiger charge is -2.30. The molecular formula is C15H20F2N2O. The fourth-order valence-electron chi connectivity index (χ4n) is 2.84. The van der Waals surface area contributed by atoms with Gasteiger partial charge in [0.05, 0.1) is 0 Å². The quantitative estimate of drug-likeness (QED) is 0.892. The Morgan fingerprint density at radius 2 is 1.95 bits per heavy atom. The van der Waals surface area contributed by atoms with Crippen molar-refractivity contribution in [3.63, 3.8) is 0 Å². The van der Waals surface area contributed by atoms with Crippen molar-refractivity contribution >= 4 is 5.91 Å². The molecule has 0 saturated heterocycles. The van der Waals surface area contributed by atoms with Gasteiger partial charge in [0, 0.05) is 23.6 Å². The molecule has 1 aromatic rings. The lowest BCUT2D eigenvalue weighted by molar-refractivity contribution is -0.122. The third kappa shape index (κ3) is 3.33. The Labute approximate surface area is 117 Å². The van der Waals surface area contributed by atoms with Crippen molar-refractivity contribution in [3.8, 4) is 0 Å². The van der Waals surface area contributed by atoms with Crippen molar-refractivity contribution in [3.05, 3.63) is 35.4 Å². The minimum atomic E-state index is -0.825. The first-order valence-electron chi connectivity index (χ1n) is 6.98. The molecule has 1 unspecified atom stereocenters. The van der Waals surface area contributed by atoms with Crippen LogP contribution in [0.3, 0.4) is 0 Å². The molecular weight excluding hydrogens is 262 g/mol. The van der Waals surface area contributed by atoms with Crippen LogP contribution < -0.4 is 11.1 Å². The maximum atomic E-state index is 13.7. The van der Waals surface area contributed by atoms with Gasteiger partial charge in [-0.3, -0.25) is 4.79 Å². The lowest BCUT2D eigenvalue weighted by atomic mass is 9.85. The molecule has 1 fully saturated rings. The maximum Gasteiger partial charge on any atom is 0.220 e. The van der Waals surface area contributed by atoms with E-state index in [-0.39, 0.29) is 23.9 Å². The second-order valence-corrected chi connectivity index (χ2v) is 5.48. The fraction of sp³-hybridized carbons (Fsp3) is 0.533. The third-order valence-corrected chi connectivity index (χ3v) is 4.06. The van der Waals surface area contributed by atoms with Gasteiger partial charge in [-0.25, -0.2) is 8.78 Å². The molecule has 1 atom stereocenters. The molecule has 0 aromatic heterocycles. The van der Waals surface area contributed by atoms with Crippen LogP contribution in [0, 0.1) is 17.6 Å². The Balaban J connectivity index is 1.94. The van der Waals surface area contributed by atoms with Crippen LogP contribution in [-0.2, 0) is 4.79 Å².